The Labute approximate surface area is 127 Å². The molecule has 112 valence electrons. The van der Waals surface area contributed by atoms with Crippen molar-refractivity contribution in [2.75, 3.05) is 12.3 Å². The van der Waals surface area contributed by atoms with Gasteiger partial charge in [-0.1, -0.05) is 22.9 Å². The van der Waals surface area contributed by atoms with Crippen LogP contribution in [0.4, 0.5) is 5.69 Å². The van der Waals surface area contributed by atoms with Crippen LogP contribution in [-0.4, -0.2) is 26.9 Å². The van der Waals surface area contributed by atoms with Crippen LogP contribution in [0.3, 0.4) is 0 Å². The summed E-state index contributed by atoms with van der Waals surface area (Å²) >= 11 is 3.21. The number of hydrogen-bond donors (Lipinski definition) is 3. The van der Waals surface area contributed by atoms with E-state index in [1.165, 1.54) is 19.1 Å². The normalized spacial score (nSPS) is 12.9. The molecule has 8 heteroatoms. The molecule has 1 amide bonds. The summed E-state index contributed by atoms with van der Waals surface area (Å²) in [5, 5.41) is 2.63. The molecular formula is C12H18BrN3O3S. The van der Waals surface area contributed by atoms with Gasteiger partial charge in [-0.25, -0.2) is 8.42 Å². The van der Waals surface area contributed by atoms with Gasteiger partial charge in [-0.3, -0.25) is 4.79 Å². The highest BCUT2D eigenvalue weighted by Crippen LogP contribution is 2.22. The predicted molar refractivity (Wildman–Crippen MR) is 81.6 cm³/mol. The van der Waals surface area contributed by atoms with Crippen LogP contribution in [0.5, 0.6) is 0 Å². The Hall–Kier alpha value is -1.12. The molecule has 0 saturated carbocycles. The van der Waals surface area contributed by atoms with Crippen molar-refractivity contribution in [2.24, 2.45) is 0 Å². The number of benzene rings is 1. The van der Waals surface area contributed by atoms with Crippen LogP contribution < -0.4 is 15.8 Å². The molecule has 4 N–H and O–H groups in total. The maximum atomic E-state index is 12.2. The minimum absolute atomic E-state index is 0.0455. The first-order valence-electron chi connectivity index (χ1n) is 6.13. The van der Waals surface area contributed by atoms with Gasteiger partial charge in [0.25, 0.3) is 0 Å². The fraction of sp³-hybridized carbons (Fsp3) is 0.417. The van der Waals surface area contributed by atoms with Gasteiger partial charge in [-0.2, -0.15) is 4.72 Å². The van der Waals surface area contributed by atoms with Crippen LogP contribution in [0.15, 0.2) is 27.6 Å². The third kappa shape index (κ3) is 4.46. The van der Waals surface area contributed by atoms with Gasteiger partial charge < -0.3 is 11.1 Å². The molecule has 0 fully saturated rings. The number of carbonyl (C=O) groups is 1. The van der Waals surface area contributed by atoms with Crippen molar-refractivity contribution in [3.63, 3.8) is 0 Å². The lowest BCUT2D eigenvalue weighted by Gasteiger charge is -2.15. The van der Waals surface area contributed by atoms with Crippen LogP contribution in [0.2, 0.25) is 0 Å². The maximum Gasteiger partial charge on any atom is 0.243 e. The average Bonchev–Trinajstić information content (AvgIpc) is 2.34. The van der Waals surface area contributed by atoms with E-state index < -0.39 is 16.1 Å². The molecule has 1 aromatic rings. The van der Waals surface area contributed by atoms with Crippen molar-refractivity contribution >= 4 is 37.5 Å². The Morgan fingerprint density at radius 2 is 2.10 bits per heavy atom. The topological polar surface area (TPSA) is 101 Å². The second kappa shape index (κ2) is 7.05. The van der Waals surface area contributed by atoms with E-state index in [9.17, 15) is 13.2 Å². The largest absolute Gasteiger partial charge is 0.398 e. The van der Waals surface area contributed by atoms with E-state index >= 15 is 0 Å². The summed E-state index contributed by atoms with van der Waals surface area (Å²) in [5.41, 5.74) is 5.81. The van der Waals surface area contributed by atoms with Crippen molar-refractivity contribution in [1.29, 1.82) is 0 Å². The molecule has 1 unspecified atom stereocenters. The molecule has 0 aliphatic rings. The molecule has 1 rings (SSSR count). The summed E-state index contributed by atoms with van der Waals surface area (Å²) in [6, 6.07) is 3.59. The number of nitrogens with two attached hydrogens (primary N) is 1. The average molecular weight is 364 g/mol. The van der Waals surface area contributed by atoms with Gasteiger partial charge in [-0.05, 0) is 31.5 Å². The molecule has 0 aromatic heterocycles. The Balaban J connectivity index is 2.87. The van der Waals surface area contributed by atoms with E-state index in [1.54, 1.807) is 6.07 Å². The number of amides is 1. The van der Waals surface area contributed by atoms with Crippen LogP contribution in [0.1, 0.15) is 20.3 Å². The maximum absolute atomic E-state index is 12.2. The van der Waals surface area contributed by atoms with Gasteiger partial charge in [0.2, 0.25) is 15.9 Å². The molecule has 6 nitrogen and oxygen atoms in total. The quantitative estimate of drug-likeness (QED) is 0.661. The zero-order valence-corrected chi connectivity index (χ0v) is 13.7. The van der Waals surface area contributed by atoms with Crippen molar-refractivity contribution in [3.8, 4) is 0 Å². The van der Waals surface area contributed by atoms with Gasteiger partial charge in [0, 0.05) is 11.0 Å². The highest BCUT2D eigenvalue weighted by atomic mass is 79.9. The summed E-state index contributed by atoms with van der Waals surface area (Å²) in [7, 11) is -3.83. The number of nitrogen functional groups attached to an aromatic ring is 1. The molecule has 20 heavy (non-hydrogen) atoms. The molecule has 0 bridgehead atoms. The van der Waals surface area contributed by atoms with Crippen LogP contribution in [-0.2, 0) is 14.8 Å². The van der Waals surface area contributed by atoms with Crippen LogP contribution >= 0.6 is 15.9 Å². The van der Waals surface area contributed by atoms with Gasteiger partial charge in [-0.15, -0.1) is 0 Å². The minimum Gasteiger partial charge on any atom is -0.398 e. The monoisotopic (exact) mass is 363 g/mol. The number of halogens is 1. The summed E-state index contributed by atoms with van der Waals surface area (Å²) in [6.45, 7) is 3.90. The molecule has 0 heterocycles. The number of sulfonamides is 1. The Morgan fingerprint density at radius 1 is 1.45 bits per heavy atom. The van der Waals surface area contributed by atoms with E-state index in [1.807, 2.05) is 6.92 Å². The number of nitrogens with one attached hydrogen (secondary N) is 2. The lowest BCUT2D eigenvalue weighted by molar-refractivity contribution is -0.122. The van der Waals surface area contributed by atoms with E-state index in [2.05, 4.69) is 26.0 Å². The number of carbonyl (C=O) groups excluding carboxylic acids is 1. The number of rotatable bonds is 6. The number of hydrogen-bond acceptors (Lipinski definition) is 4. The summed E-state index contributed by atoms with van der Waals surface area (Å²) < 4.78 is 27.3. The third-order valence-electron chi connectivity index (χ3n) is 2.54. The molecular weight excluding hydrogens is 346 g/mol. The van der Waals surface area contributed by atoms with E-state index in [0.717, 1.165) is 6.42 Å². The molecule has 0 aliphatic heterocycles. The van der Waals surface area contributed by atoms with E-state index in [4.69, 9.17) is 5.73 Å². The molecule has 1 aromatic carbocycles. The predicted octanol–water partition coefficient (Wildman–Crippen LogP) is 1.22. The van der Waals surface area contributed by atoms with Gasteiger partial charge >= 0.3 is 0 Å². The fourth-order valence-corrected chi connectivity index (χ4v) is 3.21. The fourth-order valence-electron chi connectivity index (χ4n) is 1.52. The Bertz CT molecular complexity index is 590. The van der Waals surface area contributed by atoms with E-state index in [-0.39, 0.29) is 16.5 Å². The third-order valence-corrected chi connectivity index (χ3v) is 4.64. The lowest BCUT2D eigenvalue weighted by Crippen LogP contribution is -2.45. The van der Waals surface area contributed by atoms with Crippen molar-refractivity contribution in [1.82, 2.24) is 10.0 Å². The van der Waals surface area contributed by atoms with Gasteiger partial charge in [0.15, 0.2) is 0 Å². The number of anilines is 1. The standard InChI is InChI=1S/C12H18BrN3O3S/c1-3-6-15-12(17)8(2)16-20(18,19)11-5-4-9(13)7-10(11)14/h4-5,7-8,16H,3,6,14H2,1-2H3,(H,15,17). The van der Waals surface area contributed by atoms with E-state index in [0.29, 0.717) is 11.0 Å². The Kier molecular flexibility index (Phi) is 5.97. The second-order valence-electron chi connectivity index (χ2n) is 4.32. The Morgan fingerprint density at radius 3 is 2.65 bits per heavy atom. The van der Waals surface area contributed by atoms with Gasteiger partial charge in [0.1, 0.15) is 4.90 Å². The molecule has 0 aliphatic carbocycles. The second-order valence-corrected chi connectivity index (χ2v) is 6.91. The van der Waals surface area contributed by atoms with Crippen molar-refractivity contribution < 1.29 is 13.2 Å². The van der Waals surface area contributed by atoms with Crippen molar-refractivity contribution in [2.45, 2.75) is 31.2 Å². The van der Waals surface area contributed by atoms with Crippen LogP contribution in [0, 0.1) is 0 Å². The summed E-state index contributed by atoms with van der Waals surface area (Å²) in [5.74, 6) is -0.369. The molecule has 0 saturated heterocycles. The summed E-state index contributed by atoms with van der Waals surface area (Å²) in [6.07, 6.45) is 0.783. The first kappa shape index (κ1) is 16.9. The first-order valence-corrected chi connectivity index (χ1v) is 8.40. The summed E-state index contributed by atoms with van der Waals surface area (Å²) in [4.78, 5) is 11.6. The highest BCUT2D eigenvalue weighted by Gasteiger charge is 2.23. The molecule has 1 atom stereocenters. The highest BCUT2D eigenvalue weighted by molar-refractivity contribution is 9.10. The van der Waals surface area contributed by atoms with Crippen molar-refractivity contribution in [3.05, 3.63) is 22.7 Å². The molecule has 0 radical (unpaired) electrons. The minimum atomic E-state index is -3.83. The lowest BCUT2D eigenvalue weighted by atomic mass is 10.3. The molecule has 0 spiro atoms. The zero-order chi connectivity index (χ0) is 15.3. The first-order chi connectivity index (χ1) is 9.27. The smallest absolute Gasteiger partial charge is 0.243 e. The van der Waals surface area contributed by atoms with Crippen LogP contribution in [0.25, 0.3) is 0 Å². The van der Waals surface area contributed by atoms with Gasteiger partial charge in [0.05, 0.1) is 11.7 Å². The zero-order valence-electron chi connectivity index (χ0n) is 11.3. The SMILES string of the molecule is CCCNC(=O)C(C)NS(=O)(=O)c1ccc(Br)cc1N.